The SMILES string of the molecule is CCOC(=O)c1ccc(-n2c(C)cc(/C=C(\C#N)C(=O)Nc3ccc(F)cc3)c2C)cc1. The van der Waals surface area contributed by atoms with E-state index in [1.54, 1.807) is 19.1 Å². The maximum Gasteiger partial charge on any atom is 0.338 e. The van der Waals surface area contributed by atoms with Gasteiger partial charge < -0.3 is 14.6 Å². The molecular formula is C25H22FN3O3. The fourth-order valence-corrected chi connectivity index (χ4v) is 3.33. The third-order valence-corrected chi connectivity index (χ3v) is 4.87. The Morgan fingerprint density at radius 2 is 1.78 bits per heavy atom. The number of halogens is 1. The molecule has 32 heavy (non-hydrogen) atoms. The smallest absolute Gasteiger partial charge is 0.338 e. The molecule has 1 aromatic heterocycles. The highest BCUT2D eigenvalue weighted by Gasteiger charge is 2.15. The molecule has 1 N–H and O–H groups in total. The van der Waals surface area contributed by atoms with E-state index in [4.69, 9.17) is 4.74 Å². The van der Waals surface area contributed by atoms with Gasteiger partial charge in [0.1, 0.15) is 17.5 Å². The number of hydrogen-bond donors (Lipinski definition) is 1. The first-order valence-corrected chi connectivity index (χ1v) is 9.99. The van der Waals surface area contributed by atoms with E-state index in [1.165, 1.54) is 30.3 Å². The predicted octanol–water partition coefficient (Wildman–Crippen LogP) is 4.96. The quantitative estimate of drug-likeness (QED) is 0.340. The van der Waals surface area contributed by atoms with Gasteiger partial charge in [0, 0.05) is 22.8 Å². The van der Waals surface area contributed by atoms with E-state index in [9.17, 15) is 19.2 Å². The van der Waals surface area contributed by atoms with Crippen molar-refractivity contribution in [1.29, 1.82) is 5.26 Å². The van der Waals surface area contributed by atoms with Crippen LogP contribution in [0.2, 0.25) is 0 Å². The van der Waals surface area contributed by atoms with Crippen molar-refractivity contribution in [2.45, 2.75) is 20.8 Å². The van der Waals surface area contributed by atoms with Crippen LogP contribution < -0.4 is 5.32 Å². The maximum absolute atomic E-state index is 13.1. The van der Waals surface area contributed by atoms with Crippen LogP contribution >= 0.6 is 0 Å². The highest BCUT2D eigenvalue weighted by molar-refractivity contribution is 6.09. The highest BCUT2D eigenvalue weighted by Crippen LogP contribution is 2.24. The molecule has 0 saturated heterocycles. The van der Waals surface area contributed by atoms with Crippen molar-refractivity contribution < 1.29 is 18.7 Å². The summed E-state index contributed by atoms with van der Waals surface area (Å²) < 4.78 is 20.0. The van der Waals surface area contributed by atoms with E-state index in [1.807, 2.05) is 42.7 Å². The van der Waals surface area contributed by atoms with Gasteiger partial charge in [0.25, 0.3) is 5.91 Å². The normalized spacial score (nSPS) is 11.0. The molecule has 0 atom stereocenters. The third kappa shape index (κ3) is 4.93. The van der Waals surface area contributed by atoms with Crippen LogP contribution in [0.25, 0.3) is 11.8 Å². The number of nitriles is 1. The summed E-state index contributed by atoms with van der Waals surface area (Å²) in [4.78, 5) is 24.4. The standard InChI is InChI=1S/C25H22FN3O3/c1-4-32-25(31)18-5-11-23(12-6-18)29-16(2)13-19(17(29)3)14-20(15-27)24(30)28-22-9-7-21(26)8-10-22/h5-14H,4H2,1-3H3,(H,28,30)/b20-14+. The van der Waals surface area contributed by atoms with Gasteiger partial charge in [-0.2, -0.15) is 5.26 Å². The Labute approximate surface area is 185 Å². The van der Waals surface area contributed by atoms with Gasteiger partial charge >= 0.3 is 5.97 Å². The third-order valence-electron chi connectivity index (χ3n) is 4.87. The fourth-order valence-electron chi connectivity index (χ4n) is 3.33. The molecule has 7 heteroatoms. The molecule has 0 unspecified atom stereocenters. The molecule has 3 aromatic rings. The molecule has 0 radical (unpaired) electrons. The van der Waals surface area contributed by atoms with Gasteiger partial charge in [0.05, 0.1) is 12.2 Å². The monoisotopic (exact) mass is 431 g/mol. The van der Waals surface area contributed by atoms with Crippen molar-refractivity contribution in [2.75, 3.05) is 11.9 Å². The number of aromatic nitrogens is 1. The highest BCUT2D eigenvalue weighted by atomic mass is 19.1. The van der Waals surface area contributed by atoms with E-state index in [-0.39, 0.29) is 11.5 Å². The van der Waals surface area contributed by atoms with Gasteiger partial charge in [-0.15, -0.1) is 0 Å². The molecule has 2 aromatic carbocycles. The maximum atomic E-state index is 13.1. The first-order chi connectivity index (χ1) is 15.3. The van der Waals surface area contributed by atoms with E-state index in [2.05, 4.69) is 5.32 Å². The van der Waals surface area contributed by atoms with Gasteiger partial charge in [-0.1, -0.05) is 0 Å². The Morgan fingerprint density at radius 3 is 2.38 bits per heavy atom. The molecule has 3 rings (SSSR count). The second-order valence-electron chi connectivity index (χ2n) is 7.06. The lowest BCUT2D eigenvalue weighted by molar-refractivity contribution is -0.112. The minimum atomic E-state index is -0.581. The fraction of sp³-hybridized carbons (Fsp3) is 0.160. The van der Waals surface area contributed by atoms with Crippen molar-refractivity contribution in [3.63, 3.8) is 0 Å². The van der Waals surface area contributed by atoms with Gasteiger partial charge in [0.2, 0.25) is 0 Å². The Bertz CT molecular complexity index is 1220. The van der Waals surface area contributed by atoms with Gasteiger partial charge in [0.15, 0.2) is 0 Å². The van der Waals surface area contributed by atoms with Crippen molar-refractivity contribution in [2.24, 2.45) is 0 Å². The lowest BCUT2D eigenvalue weighted by Gasteiger charge is -2.10. The summed E-state index contributed by atoms with van der Waals surface area (Å²) in [6.07, 6.45) is 1.52. The Balaban J connectivity index is 1.87. The van der Waals surface area contributed by atoms with Crippen LogP contribution in [0.1, 0.15) is 34.2 Å². The number of benzene rings is 2. The van der Waals surface area contributed by atoms with Crippen LogP contribution in [-0.4, -0.2) is 23.1 Å². The zero-order chi connectivity index (χ0) is 23.3. The Hall–Kier alpha value is -4.18. The zero-order valence-corrected chi connectivity index (χ0v) is 18.0. The molecule has 0 fully saturated rings. The average molecular weight is 431 g/mol. The van der Waals surface area contributed by atoms with Crippen LogP contribution in [0.15, 0.2) is 60.2 Å². The number of carbonyl (C=O) groups excluding carboxylic acids is 2. The summed E-state index contributed by atoms with van der Waals surface area (Å²) in [5.41, 5.74) is 4.05. The van der Waals surface area contributed by atoms with E-state index in [0.29, 0.717) is 23.4 Å². The number of anilines is 1. The number of nitrogens with zero attached hydrogens (tertiary/aromatic N) is 2. The summed E-state index contributed by atoms with van der Waals surface area (Å²) in [5.74, 6) is -1.38. The second-order valence-corrected chi connectivity index (χ2v) is 7.06. The summed E-state index contributed by atoms with van der Waals surface area (Å²) in [7, 11) is 0. The lowest BCUT2D eigenvalue weighted by atomic mass is 10.1. The minimum Gasteiger partial charge on any atom is -0.462 e. The predicted molar refractivity (Wildman–Crippen MR) is 120 cm³/mol. The number of hydrogen-bond acceptors (Lipinski definition) is 4. The largest absolute Gasteiger partial charge is 0.462 e. The number of carbonyl (C=O) groups is 2. The zero-order valence-electron chi connectivity index (χ0n) is 18.0. The first kappa shape index (κ1) is 22.5. The molecule has 0 aliphatic rings. The van der Waals surface area contributed by atoms with Crippen molar-refractivity contribution >= 4 is 23.6 Å². The topological polar surface area (TPSA) is 84.1 Å². The Morgan fingerprint density at radius 1 is 1.12 bits per heavy atom. The van der Waals surface area contributed by atoms with Crippen LogP contribution in [0.4, 0.5) is 10.1 Å². The number of esters is 1. The molecule has 0 aliphatic carbocycles. The van der Waals surface area contributed by atoms with E-state index in [0.717, 1.165) is 17.1 Å². The molecule has 0 bridgehead atoms. The van der Waals surface area contributed by atoms with Crippen LogP contribution in [-0.2, 0) is 9.53 Å². The molecule has 6 nitrogen and oxygen atoms in total. The minimum absolute atomic E-state index is 0.0766. The molecule has 0 aliphatic heterocycles. The summed E-state index contributed by atoms with van der Waals surface area (Å²) >= 11 is 0. The van der Waals surface area contributed by atoms with Crippen molar-refractivity contribution in [3.8, 4) is 11.8 Å². The van der Waals surface area contributed by atoms with Gasteiger partial charge in [-0.3, -0.25) is 4.79 Å². The summed E-state index contributed by atoms with van der Waals surface area (Å²) in [6.45, 7) is 5.85. The number of nitrogens with one attached hydrogen (secondary N) is 1. The number of rotatable bonds is 6. The summed E-state index contributed by atoms with van der Waals surface area (Å²) in [5, 5.41) is 12.1. The molecule has 1 amide bonds. The molecule has 0 spiro atoms. The average Bonchev–Trinajstić information content (AvgIpc) is 3.06. The lowest BCUT2D eigenvalue weighted by Crippen LogP contribution is -2.13. The van der Waals surface area contributed by atoms with E-state index < -0.39 is 11.7 Å². The van der Waals surface area contributed by atoms with Crippen LogP contribution in [0.5, 0.6) is 0 Å². The number of amides is 1. The van der Waals surface area contributed by atoms with Crippen LogP contribution in [0.3, 0.4) is 0 Å². The first-order valence-electron chi connectivity index (χ1n) is 9.99. The molecule has 0 saturated carbocycles. The summed E-state index contributed by atoms with van der Waals surface area (Å²) in [6, 6.07) is 16.1. The van der Waals surface area contributed by atoms with E-state index >= 15 is 0 Å². The molecular weight excluding hydrogens is 409 g/mol. The number of ether oxygens (including phenoxy) is 1. The van der Waals surface area contributed by atoms with Gasteiger partial charge in [-0.25, -0.2) is 9.18 Å². The molecule has 1 heterocycles. The molecule has 162 valence electrons. The van der Waals surface area contributed by atoms with Crippen molar-refractivity contribution in [1.82, 2.24) is 4.57 Å². The van der Waals surface area contributed by atoms with Crippen molar-refractivity contribution in [3.05, 3.63) is 88.5 Å². The van der Waals surface area contributed by atoms with Gasteiger partial charge in [-0.05, 0) is 87.0 Å². The van der Waals surface area contributed by atoms with Crippen LogP contribution in [0, 0.1) is 31.0 Å². The second kappa shape index (κ2) is 9.75. The Kier molecular flexibility index (Phi) is 6.86. The number of aryl methyl sites for hydroxylation is 1.